The highest BCUT2D eigenvalue weighted by molar-refractivity contribution is 6.02. The number of nitrogens with one attached hydrogen (secondary N) is 1. The standard InChI is InChI=1S/C20H33NO9/c1-5-8-12(23)15(26)17-20(29,14(25)10-7-3)19(28,13(24)9-6-2)16(18(27)30-17)21-11(4)22/h15-18,26-29H,5-10H2,1-4H3,(H,21,22)/t15?,16-,17+,18-,19+,20+/m0/s1. The van der Waals surface area contributed by atoms with Gasteiger partial charge in [-0.1, -0.05) is 20.8 Å². The number of amides is 1. The van der Waals surface area contributed by atoms with Crippen LogP contribution in [0.15, 0.2) is 0 Å². The third-order valence-corrected chi connectivity index (χ3v) is 5.29. The maximum Gasteiger partial charge on any atom is 0.217 e. The molecule has 0 radical (unpaired) electrons. The fourth-order valence-corrected chi connectivity index (χ4v) is 3.84. The van der Waals surface area contributed by atoms with Crippen molar-refractivity contribution in [3.63, 3.8) is 0 Å². The molecule has 172 valence electrons. The number of Topliss-reactive ketones (excluding diaryl/α,β-unsaturated/α-hetero) is 3. The molecule has 1 aliphatic heterocycles. The molecule has 1 rings (SSSR count). The van der Waals surface area contributed by atoms with Crippen LogP contribution in [0.25, 0.3) is 0 Å². The predicted molar refractivity (Wildman–Crippen MR) is 104 cm³/mol. The minimum Gasteiger partial charge on any atom is -0.382 e. The van der Waals surface area contributed by atoms with Gasteiger partial charge in [0, 0.05) is 26.2 Å². The van der Waals surface area contributed by atoms with Crippen molar-refractivity contribution in [2.45, 2.75) is 102 Å². The molecule has 1 heterocycles. The Morgan fingerprint density at radius 1 is 0.933 bits per heavy atom. The second-order valence-electron chi connectivity index (χ2n) is 7.67. The summed E-state index contributed by atoms with van der Waals surface area (Å²) in [4.78, 5) is 50.0. The van der Waals surface area contributed by atoms with Crippen LogP contribution in [0, 0.1) is 0 Å². The second kappa shape index (κ2) is 10.5. The average Bonchev–Trinajstić information content (AvgIpc) is 2.67. The normalized spacial score (nSPS) is 32.3. The summed E-state index contributed by atoms with van der Waals surface area (Å²) in [5.74, 6) is -3.64. The second-order valence-corrected chi connectivity index (χ2v) is 7.67. The van der Waals surface area contributed by atoms with E-state index in [1.807, 2.05) is 0 Å². The lowest BCUT2D eigenvalue weighted by Crippen LogP contribution is -2.83. The van der Waals surface area contributed by atoms with E-state index in [1.165, 1.54) is 0 Å². The SMILES string of the molecule is CCCC(=O)C(O)[C@H]1O[C@H](O)[C@H](NC(C)=O)[C@](O)(C(=O)CCC)[C@@]1(O)C(=O)CCC. The third-order valence-electron chi connectivity index (χ3n) is 5.29. The monoisotopic (exact) mass is 431 g/mol. The first-order valence-electron chi connectivity index (χ1n) is 10.3. The molecular weight excluding hydrogens is 398 g/mol. The van der Waals surface area contributed by atoms with E-state index < -0.39 is 59.0 Å². The average molecular weight is 431 g/mol. The fourth-order valence-electron chi connectivity index (χ4n) is 3.84. The zero-order chi connectivity index (χ0) is 23.3. The Kier molecular flexibility index (Phi) is 9.25. The number of hydrogen-bond donors (Lipinski definition) is 5. The highest BCUT2D eigenvalue weighted by Gasteiger charge is 2.72. The number of carbonyl (C=O) groups is 4. The van der Waals surface area contributed by atoms with E-state index in [-0.39, 0.29) is 32.1 Å². The van der Waals surface area contributed by atoms with Gasteiger partial charge in [-0.25, -0.2) is 0 Å². The van der Waals surface area contributed by atoms with Crippen LogP contribution in [0.1, 0.15) is 66.2 Å². The molecule has 30 heavy (non-hydrogen) atoms. The molecule has 1 unspecified atom stereocenters. The van der Waals surface area contributed by atoms with Gasteiger partial charge in [0.1, 0.15) is 18.2 Å². The lowest BCUT2D eigenvalue weighted by Gasteiger charge is -2.55. The molecular formula is C20H33NO9. The molecule has 1 fully saturated rings. The molecule has 10 heteroatoms. The first-order valence-corrected chi connectivity index (χ1v) is 10.3. The zero-order valence-corrected chi connectivity index (χ0v) is 17.9. The summed E-state index contributed by atoms with van der Waals surface area (Å²) in [5, 5.41) is 46.2. The molecule has 0 aliphatic carbocycles. The Morgan fingerprint density at radius 3 is 1.83 bits per heavy atom. The van der Waals surface area contributed by atoms with Gasteiger partial charge in [-0.3, -0.25) is 19.2 Å². The maximum absolute atomic E-state index is 13.0. The van der Waals surface area contributed by atoms with Crippen LogP contribution < -0.4 is 5.32 Å². The lowest BCUT2D eigenvalue weighted by atomic mass is 9.64. The smallest absolute Gasteiger partial charge is 0.217 e. The largest absolute Gasteiger partial charge is 0.382 e. The summed E-state index contributed by atoms with van der Waals surface area (Å²) in [6, 6.07) is -1.90. The molecule has 1 saturated heterocycles. The number of ketones is 3. The summed E-state index contributed by atoms with van der Waals surface area (Å²) in [5.41, 5.74) is -6.11. The van der Waals surface area contributed by atoms with Crippen LogP contribution in [0.4, 0.5) is 0 Å². The minimum absolute atomic E-state index is 0.119. The van der Waals surface area contributed by atoms with Crippen molar-refractivity contribution in [2.75, 3.05) is 0 Å². The summed E-state index contributed by atoms with van der Waals surface area (Å²) < 4.78 is 5.22. The number of hydrogen-bond acceptors (Lipinski definition) is 9. The number of aliphatic hydroxyl groups is 4. The van der Waals surface area contributed by atoms with Gasteiger partial charge in [0.2, 0.25) is 5.91 Å². The minimum atomic E-state index is -3.08. The molecule has 0 saturated carbocycles. The van der Waals surface area contributed by atoms with Gasteiger partial charge in [-0.2, -0.15) is 0 Å². The van der Waals surface area contributed by atoms with E-state index in [1.54, 1.807) is 20.8 Å². The van der Waals surface area contributed by atoms with E-state index in [2.05, 4.69) is 5.32 Å². The van der Waals surface area contributed by atoms with Crippen molar-refractivity contribution in [1.29, 1.82) is 0 Å². The van der Waals surface area contributed by atoms with Crippen molar-refractivity contribution in [3.8, 4) is 0 Å². The Bertz CT molecular complexity index is 667. The number of ether oxygens (including phenoxy) is 1. The van der Waals surface area contributed by atoms with E-state index in [0.29, 0.717) is 6.42 Å². The Hall–Kier alpha value is -1.72. The quantitative estimate of drug-likeness (QED) is 0.279. The Labute approximate surface area is 175 Å². The van der Waals surface area contributed by atoms with Crippen molar-refractivity contribution in [3.05, 3.63) is 0 Å². The molecule has 5 N–H and O–H groups in total. The van der Waals surface area contributed by atoms with Crippen molar-refractivity contribution >= 4 is 23.3 Å². The van der Waals surface area contributed by atoms with Gasteiger partial charge in [0.15, 0.2) is 34.8 Å². The van der Waals surface area contributed by atoms with Gasteiger partial charge in [-0.15, -0.1) is 0 Å². The topological polar surface area (TPSA) is 170 Å². The number of aliphatic hydroxyl groups excluding tert-OH is 2. The molecule has 1 amide bonds. The lowest BCUT2D eigenvalue weighted by molar-refractivity contribution is -0.314. The van der Waals surface area contributed by atoms with Gasteiger partial charge in [-0.05, 0) is 19.3 Å². The first-order chi connectivity index (χ1) is 13.9. The van der Waals surface area contributed by atoms with Crippen molar-refractivity contribution < 1.29 is 44.3 Å². The predicted octanol–water partition coefficient (Wildman–Crippen LogP) is -0.861. The summed E-state index contributed by atoms with van der Waals surface area (Å²) in [6.07, 6.45) is -6.22. The molecule has 10 nitrogen and oxygen atoms in total. The molecule has 0 spiro atoms. The first kappa shape index (κ1) is 26.3. The van der Waals surface area contributed by atoms with Crippen molar-refractivity contribution in [2.24, 2.45) is 0 Å². The molecule has 0 aromatic rings. The highest BCUT2D eigenvalue weighted by atomic mass is 16.6. The van der Waals surface area contributed by atoms with Gasteiger partial charge >= 0.3 is 0 Å². The summed E-state index contributed by atoms with van der Waals surface area (Å²) in [6.45, 7) is 5.96. The molecule has 0 aromatic carbocycles. The Morgan fingerprint density at radius 2 is 1.40 bits per heavy atom. The zero-order valence-electron chi connectivity index (χ0n) is 17.9. The van der Waals surface area contributed by atoms with Crippen LogP contribution in [0.5, 0.6) is 0 Å². The van der Waals surface area contributed by atoms with E-state index >= 15 is 0 Å². The third kappa shape index (κ3) is 4.62. The highest BCUT2D eigenvalue weighted by Crippen LogP contribution is 2.42. The van der Waals surface area contributed by atoms with Crippen LogP contribution in [-0.4, -0.2) is 79.4 Å². The van der Waals surface area contributed by atoms with Gasteiger partial charge < -0.3 is 30.5 Å². The Balaban J connectivity index is 3.74. The van der Waals surface area contributed by atoms with Gasteiger partial charge in [0.05, 0.1) is 0 Å². The summed E-state index contributed by atoms with van der Waals surface area (Å²) >= 11 is 0. The molecule has 0 bridgehead atoms. The number of carbonyl (C=O) groups excluding carboxylic acids is 4. The van der Waals surface area contributed by atoms with Crippen molar-refractivity contribution in [1.82, 2.24) is 5.32 Å². The van der Waals surface area contributed by atoms with E-state index in [0.717, 1.165) is 6.92 Å². The molecule has 6 atom stereocenters. The van der Waals surface area contributed by atoms with Crippen LogP contribution in [-0.2, 0) is 23.9 Å². The molecule has 1 aliphatic rings. The molecule has 0 aromatic heterocycles. The maximum atomic E-state index is 13.0. The van der Waals surface area contributed by atoms with Gasteiger partial charge in [0.25, 0.3) is 0 Å². The number of rotatable bonds is 11. The van der Waals surface area contributed by atoms with Crippen LogP contribution in [0.2, 0.25) is 0 Å². The van der Waals surface area contributed by atoms with Crippen LogP contribution >= 0.6 is 0 Å². The van der Waals surface area contributed by atoms with Crippen LogP contribution in [0.3, 0.4) is 0 Å². The summed E-state index contributed by atoms with van der Waals surface area (Å²) in [7, 11) is 0. The fraction of sp³-hybridized carbons (Fsp3) is 0.800. The van der Waals surface area contributed by atoms with E-state index in [9.17, 15) is 39.6 Å². The van der Waals surface area contributed by atoms with E-state index in [4.69, 9.17) is 4.74 Å².